The number of carbonyl (C=O) groups excluding carboxylic acids is 2. The molecule has 1 saturated heterocycles. The summed E-state index contributed by atoms with van der Waals surface area (Å²) in [4.78, 5) is 26.7. The highest BCUT2D eigenvalue weighted by Gasteiger charge is 2.21. The maximum Gasteiger partial charge on any atom is 0.220 e. The molecule has 0 aromatic heterocycles. The summed E-state index contributed by atoms with van der Waals surface area (Å²) >= 11 is 0. The molecule has 1 amide bonds. The quantitative estimate of drug-likeness (QED) is 0.724. The minimum absolute atomic E-state index is 0.0141. The Kier molecular flexibility index (Phi) is 7.79. The van der Waals surface area contributed by atoms with E-state index in [2.05, 4.69) is 24.1 Å². The van der Waals surface area contributed by atoms with E-state index in [0.717, 1.165) is 25.2 Å². The number of carbonyl (C=O) groups is 2. The Hall–Kier alpha value is -1.72. The van der Waals surface area contributed by atoms with Crippen molar-refractivity contribution in [3.05, 3.63) is 34.9 Å². The van der Waals surface area contributed by atoms with Gasteiger partial charge in [0.05, 0.1) is 12.7 Å². The number of nitrogens with one attached hydrogen (secondary N) is 1. The number of Topliss-reactive ketones (excluding diaryl/α,β-unsaturated/α-hetero) is 1. The Morgan fingerprint density at radius 2 is 2.00 bits per heavy atom. The van der Waals surface area contributed by atoms with Gasteiger partial charge >= 0.3 is 0 Å². The van der Waals surface area contributed by atoms with Gasteiger partial charge in [-0.2, -0.15) is 0 Å². The van der Waals surface area contributed by atoms with Crippen LogP contribution in [0.1, 0.15) is 48.2 Å². The van der Waals surface area contributed by atoms with Crippen LogP contribution < -0.4 is 5.32 Å². The largest absolute Gasteiger partial charge is 0.374 e. The highest BCUT2D eigenvalue weighted by atomic mass is 16.5. The molecule has 0 saturated carbocycles. The van der Waals surface area contributed by atoms with Gasteiger partial charge in [-0.15, -0.1) is 0 Å². The molecule has 0 spiro atoms. The monoisotopic (exact) mass is 360 g/mol. The van der Waals surface area contributed by atoms with Gasteiger partial charge in [0.1, 0.15) is 0 Å². The number of nitrogens with zero attached hydrogens (tertiary/aromatic N) is 1. The fourth-order valence-corrected chi connectivity index (χ4v) is 3.19. The van der Waals surface area contributed by atoms with E-state index in [-0.39, 0.29) is 30.6 Å². The van der Waals surface area contributed by atoms with Crippen LogP contribution in [0.15, 0.2) is 18.2 Å². The lowest BCUT2D eigenvalue weighted by Crippen LogP contribution is -2.48. The van der Waals surface area contributed by atoms with E-state index in [1.165, 1.54) is 5.56 Å². The van der Waals surface area contributed by atoms with Gasteiger partial charge in [-0.1, -0.05) is 26.0 Å². The average molecular weight is 360 g/mol. The number of ketones is 1. The van der Waals surface area contributed by atoms with Gasteiger partial charge in [0.2, 0.25) is 5.91 Å². The van der Waals surface area contributed by atoms with E-state index < -0.39 is 0 Å². The summed E-state index contributed by atoms with van der Waals surface area (Å²) < 4.78 is 5.74. The first-order valence-corrected chi connectivity index (χ1v) is 9.56. The Morgan fingerprint density at radius 3 is 2.69 bits per heavy atom. The fourth-order valence-electron chi connectivity index (χ4n) is 3.19. The number of hydrogen-bond donors (Lipinski definition) is 1. The molecule has 1 aromatic carbocycles. The van der Waals surface area contributed by atoms with Crippen LogP contribution in [0, 0.1) is 19.8 Å². The van der Waals surface area contributed by atoms with Crippen LogP contribution in [0.2, 0.25) is 0 Å². The first-order valence-electron chi connectivity index (χ1n) is 9.56. The zero-order valence-electron chi connectivity index (χ0n) is 16.5. The second-order valence-corrected chi connectivity index (χ2v) is 7.67. The summed E-state index contributed by atoms with van der Waals surface area (Å²) in [5.74, 6) is 0.548. The van der Waals surface area contributed by atoms with Crippen molar-refractivity contribution in [2.24, 2.45) is 5.92 Å². The minimum Gasteiger partial charge on any atom is -0.374 e. The third kappa shape index (κ3) is 6.54. The van der Waals surface area contributed by atoms with E-state index in [9.17, 15) is 9.59 Å². The van der Waals surface area contributed by atoms with Crippen molar-refractivity contribution in [3.8, 4) is 0 Å². The Morgan fingerprint density at radius 1 is 1.23 bits per heavy atom. The topological polar surface area (TPSA) is 58.6 Å². The molecule has 1 heterocycles. The van der Waals surface area contributed by atoms with E-state index in [0.29, 0.717) is 24.6 Å². The van der Waals surface area contributed by atoms with Crippen molar-refractivity contribution in [1.29, 1.82) is 0 Å². The van der Waals surface area contributed by atoms with Gasteiger partial charge in [0.25, 0.3) is 0 Å². The zero-order chi connectivity index (χ0) is 19.1. The standard InChI is InChI=1S/C21H32N2O3/c1-15(2)13-23-9-10-26-19(14-23)12-22-21(25)8-7-20(24)18-6-5-16(3)17(4)11-18/h5-6,11,15,19H,7-10,12-14H2,1-4H3,(H,22,25)/t19-/m0/s1. The molecule has 1 aromatic rings. The molecule has 1 aliphatic rings. The number of amides is 1. The first kappa shape index (κ1) is 20.6. The number of morpholine rings is 1. The Labute approximate surface area is 157 Å². The summed E-state index contributed by atoms with van der Waals surface area (Å²) in [6.45, 7) is 12.5. The summed E-state index contributed by atoms with van der Waals surface area (Å²) in [6, 6.07) is 5.68. The molecule has 1 fully saturated rings. The lowest BCUT2D eigenvalue weighted by atomic mass is 10.0. The molecular weight excluding hydrogens is 328 g/mol. The second-order valence-electron chi connectivity index (χ2n) is 7.67. The van der Waals surface area contributed by atoms with Crippen LogP contribution in [0.25, 0.3) is 0 Å². The molecule has 0 bridgehead atoms. The molecule has 5 heteroatoms. The highest BCUT2D eigenvalue weighted by Crippen LogP contribution is 2.12. The number of hydrogen-bond acceptors (Lipinski definition) is 4. The number of benzene rings is 1. The predicted octanol–water partition coefficient (Wildman–Crippen LogP) is 2.74. The van der Waals surface area contributed by atoms with Crippen LogP contribution in [-0.2, 0) is 9.53 Å². The maximum absolute atomic E-state index is 12.3. The van der Waals surface area contributed by atoms with E-state index >= 15 is 0 Å². The number of ether oxygens (including phenoxy) is 1. The molecule has 0 unspecified atom stereocenters. The molecule has 144 valence electrons. The summed E-state index contributed by atoms with van der Waals surface area (Å²) in [5.41, 5.74) is 2.94. The van der Waals surface area contributed by atoms with Crippen molar-refractivity contribution in [3.63, 3.8) is 0 Å². The predicted molar refractivity (Wildman–Crippen MR) is 104 cm³/mol. The van der Waals surface area contributed by atoms with Crippen LogP contribution in [0.3, 0.4) is 0 Å². The van der Waals surface area contributed by atoms with Crippen molar-refractivity contribution in [2.75, 3.05) is 32.8 Å². The van der Waals surface area contributed by atoms with Crippen LogP contribution >= 0.6 is 0 Å². The number of aryl methyl sites for hydroxylation is 2. The van der Waals surface area contributed by atoms with Crippen LogP contribution in [0.4, 0.5) is 0 Å². The molecule has 26 heavy (non-hydrogen) atoms. The zero-order valence-corrected chi connectivity index (χ0v) is 16.5. The Bertz CT molecular complexity index is 628. The lowest BCUT2D eigenvalue weighted by molar-refractivity contribution is -0.122. The van der Waals surface area contributed by atoms with Crippen molar-refractivity contribution in [1.82, 2.24) is 10.2 Å². The molecule has 2 rings (SSSR count). The fraction of sp³-hybridized carbons (Fsp3) is 0.619. The minimum atomic E-state index is -0.0910. The second kappa shape index (κ2) is 9.83. The molecule has 0 radical (unpaired) electrons. The van der Waals surface area contributed by atoms with Gasteiger partial charge in [-0.3, -0.25) is 14.5 Å². The van der Waals surface area contributed by atoms with E-state index in [1.807, 2.05) is 32.0 Å². The first-order chi connectivity index (χ1) is 12.3. The van der Waals surface area contributed by atoms with E-state index in [4.69, 9.17) is 4.74 Å². The van der Waals surface area contributed by atoms with Crippen molar-refractivity contribution < 1.29 is 14.3 Å². The lowest BCUT2D eigenvalue weighted by Gasteiger charge is -2.33. The van der Waals surface area contributed by atoms with Gasteiger partial charge in [0, 0.05) is 44.6 Å². The number of rotatable bonds is 8. The average Bonchev–Trinajstić information content (AvgIpc) is 2.60. The SMILES string of the molecule is Cc1ccc(C(=O)CCC(=O)NC[C@H]2CN(CC(C)C)CCO2)cc1C. The van der Waals surface area contributed by atoms with Crippen molar-refractivity contribution >= 4 is 11.7 Å². The molecule has 5 nitrogen and oxygen atoms in total. The van der Waals surface area contributed by atoms with Gasteiger partial charge < -0.3 is 10.1 Å². The van der Waals surface area contributed by atoms with Crippen LogP contribution in [-0.4, -0.2) is 55.5 Å². The normalized spacial score (nSPS) is 18.1. The molecule has 1 atom stereocenters. The summed E-state index contributed by atoms with van der Waals surface area (Å²) in [6.07, 6.45) is 0.481. The van der Waals surface area contributed by atoms with Gasteiger partial charge in [-0.25, -0.2) is 0 Å². The van der Waals surface area contributed by atoms with Gasteiger partial charge in [-0.05, 0) is 37.0 Å². The molecule has 1 N–H and O–H groups in total. The van der Waals surface area contributed by atoms with Gasteiger partial charge in [0.15, 0.2) is 5.78 Å². The molecular formula is C21H32N2O3. The summed E-state index contributed by atoms with van der Waals surface area (Å²) in [5, 5.41) is 2.91. The molecule has 1 aliphatic heterocycles. The highest BCUT2D eigenvalue weighted by molar-refractivity contribution is 5.98. The molecule has 0 aliphatic carbocycles. The van der Waals surface area contributed by atoms with E-state index in [1.54, 1.807) is 0 Å². The Balaban J connectivity index is 1.71. The van der Waals surface area contributed by atoms with Crippen molar-refractivity contribution in [2.45, 2.75) is 46.6 Å². The third-order valence-electron chi connectivity index (χ3n) is 4.78. The smallest absolute Gasteiger partial charge is 0.220 e. The van der Waals surface area contributed by atoms with Crippen LogP contribution in [0.5, 0.6) is 0 Å². The third-order valence-corrected chi connectivity index (χ3v) is 4.78. The summed E-state index contributed by atoms with van der Waals surface area (Å²) in [7, 11) is 0. The maximum atomic E-state index is 12.3.